The number of carbonyl (C=O) groups excluding carboxylic acids is 1. The second kappa shape index (κ2) is 7.05. The number of benzene rings is 2. The van der Waals surface area contributed by atoms with Gasteiger partial charge >= 0.3 is 0 Å². The SMILES string of the molecule is Cc1ccc(-c2cc(C(=O)Nc3c(F)c(F)cc(F)c3F)c3ccccc3n2)o1. The summed E-state index contributed by atoms with van der Waals surface area (Å²) < 4.78 is 60.4. The number of hydrogen-bond donors (Lipinski definition) is 1. The molecule has 0 radical (unpaired) electrons. The van der Waals surface area contributed by atoms with E-state index in [1.807, 2.05) is 5.32 Å². The van der Waals surface area contributed by atoms with Crippen LogP contribution in [0.4, 0.5) is 23.2 Å². The Bertz CT molecular complexity index is 1240. The van der Waals surface area contributed by atoms with Gasteiger partial charge < -0.3 is 9.73 Å². The van der Waals surface area contributed by atoms with Gasteiger partial charge in [-0.05, 0) is 31.2 Å². The van der Waals surface area contributed by atoms with Crippen LogP contribution in [0.15, 0.2) is 52.9 Å². The first-order chi connectivity index (χ1) is 13.8. The van der Waals surface area contributed by atoms with E-state index in [2.05, 4.69) is 4.98 Å². The van der Waals surface area contributed by atoms with Crippen molar-refractivity contribution >= 4 is 22.5 Å². The zero-order valence-corrected chi connectivity index (χ0v) is 14.9. The predicted octanol–water partition coefficient (Wildman–Crippen LogP) is 5.61. The van der Waals surface area contributed by atoms with Crippen LogP contribution < -0.4 is 5.32 Å². The second-order valence-electron chi connectivity index (χ2n) is 6.28. The number of carbonyl (C=O) groups is 1. The monoisotopic (exact) mass is 400 g/mol. The van der Waals surface area contributed by atoms with E-state index in [-0.39, 0.29) is 11.6 Å². The highest BCUT2D eigenvalue weighted by molar-refractivity contribution is 6.13. The molecule has 0 bridgehead atoms. The first-order valence-corrected chi connectivity index (χ1v) is 8.46. The standard InChI is InChI=1S/C21H12F4N2O2/c1-10-6-7-17(29-10)16-8-12(11-4-2-3-5-15(11)26-16)21(28)27-20-18(24)13(22)9-14(23)19(20)25/h2-9H,1H3,(H,27,28). The molecule has 4 rings (SSSR count). The molecule has 0 unspecified atom stereocenters. The van der Waals surface area contributed by atoms with E-state index in [1.165, 1.54) is 6.07 Å². The Labute approximate surface area is 161 Å². The van der Waals surface area contributed by atoms with E-state index in [0.29, 0.717) is 28.1 Å². The highest BCUT2D eigenvalue weighted by Crippen LogP contribution is 2.29. The molecule has 4 nitrogen and oxygen atoms in total. The maximum Gasteiger partial charge on any atom is 0.256 e. The van der Waals surface area contributed by atoms with Crippen LogP contribution >= 0.6 is 0 Å². The number of amides is 1. The number of rotatable bonds is 3. The summed E-state index contributed by atoms with van der Waals surface area (Å²) in [7, 11) is 0. The van der Waals surface area contributed by atoms with Crippen molar-refractivity contribution in [2.24, 2.45) is 0 Å². The largest absolute Gasteiger partial charge is 0.460 e. The lowest BCUT2D eigenvalue weighted by atomic mass is 10.1. The number of halogens is 4. The molecule has 2 aromatic carbocycles. The van der Waals surface area contributed by atoms with Crippen LogP contribution in [0.3, 0.4) is 0 Å². The fourth-order valence-electron chi connectivity index (χ4n) is 2.93. The molecule has 0 atom stereocenters. The summed E-state index contributed by atoms with van der Waals surface area (Å²) in [6, 6.07) is 11.4. The molecular formula is C21H12F4N2O2. The summed E-state index contributed by atoms with van der Waals surface area (Å²) in [6.07, 6.45) is 0. The average Bonchev–Trinajstić information content (AvgIpc) is 3.15. The normalized spacial score (nSPS) is 11.1. The number of furan rings is 1. The molecule has 0 saturated heterocycles. The minimum Gasteiger partial charge on any atom is -0.460 e. The molecule has 2 heterocycles. The Morgan fingerprint density at radius 2 is 1.66 bits per heavy atom. The fourth-order valence-corrected chi connectivity index (χ4v) is 2.93. The molecule has 29 heavy (non-hydrogen) atoms. The number of fused-ring (bicyclic) bond motifs is 1. The molecule has 2 aromatic heterocycles. The summed E-state index contributed by atoms with van der Waals surface area (Å²) in [6.45, 7) is 1.74. The van der Waals surface area contributed by atoms with Crippen molar-refractivity contribution in [2.75, 3.05) is 5.32 Å². The number of anilines is 1. The van der Waals surface area contributed by atoms with Gasteiger partial charge in [-0.15, -0.1) is 0 Å². The Morgan fingerprint density at radius 3 is 2.31 bits per heavy atom. The smallest absolute Gasteiger partial charge is 0.256 e. The number of pyridine rings is 1. The van der Waals surface area contributed by atoms with Crippen LogP contribution in [0, 0.1) is 30.2 Å². The highest BCUT2D eigenvalue weighted by Gasteiger charge is 2.23. The molecule has 8 heteroatoms. The molecule has 0 spiro atoms. The number of nitrogens with one attached hydrogen (secondary N) is 1. The first-order valence-electron chi connectivity index (χ1n) is 8.46. The molecule has 1 N–H and O–H groups in total. The van der Waals surface area contributed by atoms with E-state index in [0.717, 1.165) is 0 Å². The first kappa shape index (κ1) is 18.7. The van der Waals surface area contributed by atoms with Gasteiger partial charge in [-0.1, -0.05) is 18.2 Å². The molecule has 0 aliphatic carbocycles. The average molecular weight is 400 g/mol. The lowest BCUT2D eigenvalue weighted by Crippen LogP contribution is -2.16. The molecule has 4 aromatic rings. The van der Waals surface area contributed by atoms with Crippen molar-refractivity contribution in [3.05, 3.63) is 83.1 Å². The van der Waals surface area contributed by atoms with Gasteiger partial charge in [0, 0.05) is 11.5 Å². The summed E-state index contributed by atoms with van der Waals surface area (Å²) in [5.41, 5.74) is -0.462. The van der Waals surface area contributed by atoms with Gasteiger partial charge in [0.15, 0.2) is 29.0 Å². The maximum atomic E-state index is 14.0. The second-order valence-corrected chi connectivity index (χ2v) is 6.28. The van der Waals surface area contributed by atoms with Crippen molar-refractivity contribution < 1.29 is 26.8 Å². The summed E-state index contributed by atoms with van der Waals surface area (Å²) in [4.78, 5) is 17.2. The molecule has 0 fully saturated rings. The van der Waals surface area contributed by atoms with E-state index in [4.69, 9.17) is 4.42 Å². The van der Waals surface area contributed by atoms with Gasteiger partial charge in [-0.3, -0.25) is 4.79 Å². The van der Waals surface area contributed by atoms with Crippen LogP contribution in [0.2, 0.25) is 0 Å². The number of nitrogens with zero attached hydrogens (tertiary/aromatic N) is 1. The van der Waals surface area contributed by atoms with Crippen molar-refractivity contribution in [1.29, 1.82) is 0 Å². The van der Waals surface area contributed by atoms with Gasteiger partial charge in [-0.25, -0.2) is 22.5 Å². The van der Waals surface area contributed by atoms with Crippen molar-refractivity contribution in [3.8, 4) is 11.5 Å². The molecule has 0 saturated carbocycles. The van der Waals surface area contributed by atoms with Gasteiger partial charge in [0.2, 0.25) is 0 Å². The Balaban J connectivity index is 1.84. The van der Waals surface area contributed by atoms with Crippen LogP contribution in [-0.2, 0) is 0 Å². The summed E-state index contributed by atoms with van der Waals surface area (Å²) in [5.74, 6) is -6.58. The fraction of sp³-hybridized carbons (Fsp3) is 0.0476. The molecule has 0 aliphatic rings. The lowest BCUT2D eigenvalue weighted by molar-refractivity contribution is 0.102. The predicted molar refractivity (Wildman–Crippen MR) is 98.4 cm³/mol. The van der Waals surface area contributed by atoms with Gasteiger partial charge in [-0.2, -0.15) is 0 Å². The van der Waals surface area contributed by atoms with Crippen LogP contribution in [0.25, 0.3) is 22.4 Å². The third-order valence-corrected chi connectivity index (χ3v) is 4.30. The number of aryl methyl sites for hydroxylation is 1. The number of hydrogen-bond acceptors (Lipinski definition) is 3. The van der Waals surface area contributed by atoms with E-state index in [1.54, 1.807) is 43.3 Å². The van der Waals surface area contributed by atoms with Crippen LogP contribution in [0.5, 0.6) is 0 Å². The molecule has 146 valence electrons. The lowest BCUT2D eigenvalue weighted by Gasteiger charge is -2.11. The highest BCUT2D eigenvalue weighted by atomic mass is 19.2. The van der Waals surface area contributed by atoms with Crippen LogP contribution in [0.1, 0.15) is 16.1 Å². The molecular weight excluding hydrogens is 388 g/mol. The van der Waals surface area contributed by atoms with Crippen LogP contribution in [-0.4, -0.2) is 10.9 Å². The number of para-hydroxylation sites is 1. The van der Waals surface area contributed by atoms with Crippen molar-refractivity contribution in [2.45, 2.75) is 6.92 Å². The minimum atomic E-state index is -1.70. The topological polar surface area (TPSA) is 55.1 Å². The Morgan fingerprint density at radius 1 is 0.966 bits per heavy atom. The summed E-state index contributed by atoms with van der Waals surface area (Å²) in [5, 5.41) is 2.31. The zero-order valence-electron chi connectivity index (χ0n) is 14.9. The van der Waals surface area contributed by atoms with Gasteiger partial charge in [0.05, 0.1) is 11.1 Å². The van der Waals surface area contributed by atoms with E-state index >= 15 is 0 Å². The quantitative estimate of drug-likeness (QED) is 0.359. The number of aromatic nitrogens is 1. The van der Waals surface area contributed by atoms with E-state index < -0.39 is 34.9 Å². The van der Waals surface area contributed by atoms with Crippen molar-refractivity contribution in [3.63, 3.8) is 0 Å². The molecule has 1 amide bonds. The third kappa shape index (κ3) is 3.33. The summed E-state index contributed by atoms with van der Waals surface area (Å²) >= 11 is 0. The van der Waals surface area contributed by atoms with Gasteiger partial charge in [0.25, 0.3) is 5.91 Å². The Kier molecular flexibility index (Phi) is 4.54. The van der Waals surface area contributed by atoms with E-state index in [9.17, 15) is 22.4 Å². The minimum absolute atomic E-state index is 0.00289. The third-order valence-electron chi connectivity index (χ3n) is 4.30. The Hall–Kier alpha value is -3.68. The maximum absolute atomic E-state index is 14.0. The van der Waals surface area contributed by atoms with Crippen molar-refractivity contribution in [1.82, 2.24) is 4.98 Å². The zero-order chi connectivity index (χ0) is 20.7. The van der Waals surface area contributed by atoms with Gasteiger partial charge in [0.1, 0.15) is 17.1 Å². The molecule has 0 aliphatic heterocycles.